The number of aliphatic hydroxyl groups is 2. The van der Waals surface area contributed by atoms with Crippen LogP contribution in [0.5, 0.6) is 0 Å². The van der Waals surface area contributed by atoms with Crippen LogP contribution < -0.4 is 0 Å². The maximum absolute atomic E-state index is 9.31. The molecule has 0 radical (unpaired) electrons. The highest BCUT2D eigenvalue weighted by molar-refractivity contribution is 4.70. The van der Waals surface area contributed by atoms with Gasteiger partial charge in [0.15, 0.2) is 0 Å². The van der Waals surface area contributed by atoms with E-state index >= 15 is 0 Å². The van der Waals surface area contributed by atoms with Gasteiger partial charge in [0.1, 0.15) is 0 Å². The van der Waals surface area contributed by atoms with E-state index in [9.17, 15) is 5.11 Å². The summed E-state index contributed by atoms with van der Waals surface area (Å²) in [7, 11) is 0. The minimum Gasteiger partial charge on any atom is -0.396 e. The fourth-order valence-electron chi connectivity index (χ4n) is 1.50. The van der Waals surface area contributed by atoms with E-state index in [0.29, 0.717) is 6.42 Å². The Morgan fingerprint density at radius 3 is 2.07 bits per heavy atom. The zero-order valence-electron chi connectivity index (χ0n) is 9.73. The van der Waals surface area contributed by atoms with Crippen molar-refractivity contribution in [3.63, 3.8) is 0 Å². The summed E-state index contributed by atoms with van der Waals surface area (Å²) in [6.45, 7) is 7.97. The fraction of sp³-hybridized carbons (Fsp3) is 1.00. The quantitative estimate of drug-likeness (QED) is 0.662. The molecule has 14 heavy (non-hydrogen) atoms. The van der Waals surface area contributed by atoms with Crippen LogP contribution in [0.4, 0.5) is 0 Å². The lowest BCUT2D eigenvalue weighted by molar-refractivity contribution is -0.0489. The molecule has 0 aliphatic rings. The summed E-state index contributed by atoms with van der Waals surface area (Å²) in [6, 6.07) is 0. The molecule has 0 spiro atoms. The van der Waals surface area contributed by atoms with Gasteiger partial charge in [0.2, 0.25) is 0 Å². The molecule has 0 bridgehead atoms. The topological polar surface area (TPSA) is 49.7 Å². The molecule has 0 aromatic heterocycles. The first-order valence-electron chi connectivity index (χ1n) is 5.41. The Bertz CT molecular complexity index is 124. The maximum atomic E-state index is 9.31. The number of hydrogen-bond donors (Lipinski definition) is 2. The molecule has 0 aromatic rings. The standard InChI is InChI=1S/C11H24O3/c1-8(2)14-11(7-10(4)13)9(3)5-6-12/h8-13H,5-7H2,1-4H3. The zero-order chi connectivity index (χ0) is 11.1. The number of hydrogen-bond acceptors (Lipinski definition) is 3. The molecule has 0 aromatic carbocycles. The highest BCUT2D eigenvalue weighted by Crippen LogP contribution is 2.18. The largest absolute Gasteiger partial charge is 0.396 e. The van der Waals surface area contributed by atoms with Crippen LogP contribution in [0.15, 0.2) is 0 Å². The molecule has 0 saturated heterocycles. The summed E-state index contributed by atoms with van der Waals surface area (Å²) >= 11 is 0. The molecule has 0 amide bonds. The molecule has 3 unspecified atom stereocenters. The van der Waals surface area contributed by atoms with Crippen molar-refractivity contribution in [2.75, 3.05) is 6.61 Å². The van der Waals surface area contributed by atoms with Gasteiger partial charge in [-0.25, -0.2) is 0 Å². The van der Waals surface area contributed by atoms with Gasteiger partial charge in [-0.2, -0.15) is 0 Å². The third-order valence-corrected chi connectivity index (χ3v) is 2.24. The number of ether oxygens (including phenoxy) is 1. The molecule has 86 valence electrons. The molecule has 3 nitrogen and oxygen atoms in total. The molecule has 0 aliphatic heterocycles. The first-order valence-corrected chi connectivity index (χ1v) is 5.41. The molecule has 3 heteroatoms. The molecule has 0 saturated carbocycles. The van der Waals surface area contributed by atoms with Crippen LogP contribution in [0.25, 0.3) is 0 Å². The van der Waals surface area contributed by atoms with Crippen LogP contribution in [0, 0.1) is 5.92 Å². The Kier molecular flexibility index (Phi) is 7.15. The average Bonchev–Trinajstić information content (AvgIpc) is 2.01. The highest BCUT2D eigenvalue weighted by Gasteiger charge is 2.20. The van der Waals surface area contributed by atoms with E-state index in [-0.39, 0.29) is 30.8 Å². The van der Waals surface area contributed by atoms with E-state index in [1.807, 2.05) is 20.8 Å². The fourth-order valence-corrected chi connectivity index (χ4v) is 1.50. The predicted molar refractivity (Wildman–Crippen MR) is 57.2 cm³/mol. The second-order valence-corrected chi connectivity index (χ2v) is 4.30. The van der Waals surface area contributed by atoms with E-state index in [4.69, 9.17) is 9.84 Å². The van der Waals surface area contributed by atoms with Gasteiger partial charge in [0.25, 0.3) is 0 Å². The Morgan fingerprint density at radius 1 is 1.14 bits per heavy atom. The van der Waals surface area contributed by atoms with Gasteiger partial charge in [-0.15, -0.1) is 0 Å². The van der Waals surface area contributed by atoms with Crippen molar-refractivity contribution < 1.29 is 14.9 Å². The van der Waals surface area contributed by atoms with Gasteiger partial charge in [0, 0.05) is 6.61 Å². The molecule has 3 atom stereocenters. The van der Waals surface area contributed by atoms with Gasteiger partial charge in [-0.05, 0) is 39.5 Å². The molecular formula is C11H24O3. The number of aliphatic hydroxyl groups excluding tert-OH is 2. The summed E-state index contributed by atoms with van der Waals surface area (Å²) < 4.78 is 5.70. The molecule has 2 N–H and O–H groups in total. The lowest BCUT2D eigenvalue weighted by atomic mass is 9.96. The highest BCUT2D eigenvalue weighted by atomic mass is 16.5. The van der Waals surface area contributed by atoms with Gasteiger partial charge < -0.3 is 14.9 Å². The third kappa shape index (κ3) is 6.35. The van der Waals surface area contributed by atoms with Gasteiger partial charge in [-0.1, -0.05) is 6.92 Å². The second kappa shape index (κ2) is 7.21. The Balaban J connectivity index is 4.08. The monoisotopic (exact) mass is 204 g/mol. The van der Waals surface area contributed by atoms with Crippen molar-refractivity contribution in [1.82, 2.24) is 0 Å². The van der Waals surface area contributed by atoms with Gasteiger partial charge in [0.05, 0.1) is 18.3 Å². The Labute approximate surface area is 87.1 Å². The normalized spacial score (nSPS) is 18.2. The zero-order valence-corrected chi connectivity index (χ0v) is 9.73. The van der Waals surface area contributed by atoms with E-state index in [2.05, 4.69) is 0 Å². The van der Waals surface area contributed by atoms with Crippen LogP contribution >= 0.6 is 0 Å². The SMILES string of the molecule is CC(O)CC(OC(C)C)C(C)CCO. The second-order valence-electron chi connectivity index (χ2n) is 4.30. The summed E-state index contributed by atoms with van der Waals surface area (Å²) in [5.74, 6) is 0.289. The lowest BCUT2D eigenvalue weighted by Crippen LogP contribution is -2.29. The summed E-state index contributed by atoms with van der Waals surface area (Å²) in [5, 5.41) is 18.1. The van der Waals surface area contributed by atoms with Crippen LogP contribution in [0.3, 0.4) is 0 Å². The van der Waals surface area contributed by atoms with E-state index < -0.39 is 0 Å². The number of rotatable bonds is 7. The van der Waals surface area contributed by atoms with Crippen molar-refractivity contribution in [2.45, 2.75) is 58.8 Å². The van der Waals surface area contributed by atoms with Gasteiger partial charge >= 0.3 is 0 Å². The predicted octanol–water partition coefficient (Wildman–Crippen LogP) is 1.57. The Morgan fingerprint density at radius 2 is 1.71 bits per heavy atom. The van der Waals surface area contributed by atoms with Gasteiger partial charge in [-0.3, -0.25) is 0 Å². The van der Waals surface area contributed by atoms with Crippen LogP contribution in [-0.4, -0.2) is 35.1 Å². The molecular weight excluding hydrogens is 180 g/mol. The Hall–Kier alpha value is -0.120. The first kappa shape index (κ1) is 13.9. The summed E-state index contributed by atoms with van der Waals surface area (Å²) in [6.07, 6.45) is 1.23. The van der Waals surface area contributed by atoms with Crippen molar-refractivity contribution >= 4 is 0 Å². The van der Waals surface area contributed by atoms with E-state index in [1.165, 1.54) is 0 Å². The maximum Gasteiger partial charge on any atom is 0.0629 e. The van der Waals surface area contributed by atoms with Crippen LogP contribution in [0.2, 0.25) is 0 Å². The molecule has 0 rings (SSSR count). The molecule has 0 fully saturated rings. The average molecular weight is 204 g/mol. The summed E-state index contributed by atoms with van der Waals surface area (Å²) in [4.78, 5) is 0. The van der Waals surface area contributed by atoms with E-state index in [1.54, 1.807) is 6.92 Å². The molecule has 0 aliphatic carbocycles. The minimum absolute atomic E-state index is 0.0437. The van der Waals surface area contributed by atoms with Crippen molar-refractivity contribution in [1.29, 1.82) is 0 Å². The smallest absolute Gasteiger partial charge is 0.0629 e. The third-order valence-electron chi connectivity index (χ3n) is 2.24. The summed E-state index contributed by atoms with van der Waals surface area (Å²) in [5.41, 5.74) is 0. The molecule has 0 heterocycles. The van der Waals surface area contributed by atoms with Crippen molar-refractivity contribution in [3.05, 3.63) is 0 Å². The van der Waals surface area contributed by atoms with Crippen LogP contribution in [0.1, 0.15) is 40.5 Å². The van der Waals surface area contributed by atoms with Crippen molar-refractivity contribution in [3.8, 4) is 0 Å². The van der Waals surface area contributed by atoms with E-state index in [0.717, 1.165) is 6.42 Å². The minimum atomic E-state index is -0.347. The van der Waals surface area contributed by atoms with Crippen LogP contribution in [-0.2, 0) is 4.74 Å². The first-order chi connectivity index (χ1) is 6.47. The lowest BCUT2D eigenvalue weighted by Gasteiger charge is -2.27. The van der Waals surface area contributed by atoms with Crippen molar-refractivity contribution in [2.24, 2.45) is 5.92 Å².